The van der Waals surface area contributed by atoms with Crippen LogP contribution in [0.3, 0.4) is 0 Å². The van der Waals surface area contributed by atoms with Gasteiger partial charge in [-0.15, -0.1) is 12.4 Å². The lowest BCUT2D eigenvalue weighted by Crippen LogP contribution is -2.41. The Kier molecular flexibility index (Phi) is 6.82. The number of phenolic OH excluding ortho intramolecular Hbond substituents is 1. The van der Waals surface area contributed by atoms with Crippen molar-refractivity contribution in [3.63, 3.8) is 0 Å². The first-order chi connectivity index (χ1) is 15.1. The van der Waals surface area contributed by atoms with Crippen molar-refractivity contribution in [2.75, 3.05) is 52.6 Å². The molecule has 10 heteroatoms. The van der Waals surface area contributed by atoms with Gasteiger partial charge in [-0.2, -0.15) is 9.46 Å². The summed E-state index contributed by atoms with van der Waals surface area (Å²) in [5.74, 6) is -0.203. The first-order valence-electron chi connectivity index (χ1n) is 10.6. The Bertz CT molecular complexity index is 1120. The number of benzene rings is 2. The first kappa shape index (κ1) is 22.8. The molecule has 0 unspecified atom stereocenters. The van der Waals surface area contributed by atoms with E-state index in [0.29, 0.717) is 49.8 Å². The van der Waals surface area contributed by atoms with Crippen LogP contribution in [0, 0.1) is 10.4 Å². The Morgan fingerprint density at radius 3 is 1.81 bits per heavy atom. The SMILES string of the molecule is Cl.[O-][n+]1c2cc(CN3CCOCC3)c(CN3CCOCC3)cc2[n+]([O-])c2c(O)cccc21. The highest BCUT2D eigenvalue weighted by atomic mass is 35.5. The molecule has 3 heterocycles. The summed E-state index contributed by atoms with van der Waals surface area (Å²) in [6.07, 6.45) is 0. The van der Waals surface area contributed by atoms with Gasteiger partial charge in [0.2, 0.25) is 0 Å². The van der Waals surface area contributed by atoms with Crippen LogP contribution in [0.25, 0.3) is 22.1 Å². The van der Waals surface area contributed by atoms with Crippen molar-refractivity contribution in [1.29, 1.82) is 0 Å². The van der Waals surface area contributed by atoms with Crippen LogP contribution in [0.4, 0.5) is 0 Å². The summed E-state index contributed by atoms with van der Waals surface area (Å²) in [5.41, 5.74) is 2.76. The molecule has 2 fully saturated rings. The van der Waals surface area contributed by atoms with Crippen molar-refractivity contribution in [3.8, 4) is 5.75 Å². The molecule has 2 aliphatic heterocycles. The Balaban J connectivity index is 0.00000245. The van der Waals surface area contributed by atoms with Crippen LogP contribution in [0.2, 0.25) is 0 Å². The quantitative estimate of drug-likeness (QED) is 0.351. The van der Waals surface area contributed by atoms with Crippen molar-refractivity contribution < 1.29 is 24.0 Å². The van der Waals surface area contributed by atoms with Gasteiger partial charge in [-0.3, -0.25) is 9.80 Å². The maximum atomic E-state index is 13.2. The van der Waals surface area contributed by atoms with Gasteiger partial charge in [0.05, 0.1) is 26.4 Å². The highest BCUT2D eigenvalue weighted by molar-refractivity contribution is 5.85. The molecule has 2 saturated heterocycles. The Labute approximate surface area is 191 Å². The van der Waals surface area contributed by atoms with Crippen LogP contribution in [0.1, 0.15) is 11.1 Å². The number of hydrogen-bond donors (Lipinski definition) is 1. The fourth-order valence-electron chi connectivity index (χ4n) is 4.43. The molecular formula is C22H27ClN4O5. The minimum absolute atomic E-state index is 0. The summed E-state index contributed by atoms with van der Waals surface area (Å²) in [6, 6.07) is 8.20. The topological polar surface area (TPSA) is 99.0 Å². The molecule has 2 aromatic carbocycles. The number of aromatic hydroxyl groups is 1. The average molecular weight is 463 g/mol. The van der Waals surface area contributed by atoms with E-state index in [0.717, 1.165) is 42.0 Å². The fraction of sp³-hybridized carbons (Fsp3) is 0.455. The van der Waals surface area contributed by atoms with Gasteiger partial charge in [0.1, 0.15) is 0 Å². The lowest BCUT2D eigenvalue weighted by atomic mass is 10.0. The van der Waals surface area contributed by atoms with E-state index in [1.165, 1.54) is 6.07 Å². The molecule has 0 amide bonds. The number of para-hydroxylation sites is 1. The normalized spacial score (nSPS) is 18.1. The first-order valence-corrected chi connectivity index (χ1v) is 10.6. The number of rotatable bonds is 4. The average Bonchev–Trinajstić information content (AvgIpc) is 2.79. The van der Waals surface area contributed by atoms with Gasteiger partial charge in [0.15, 0.2) is 5.75 Å². The van der Waals surface area contributed by atoms with E-state index in [4.69, 9.17) is 9.47 Å². The zero-order valence-electron chi connectivity index (χ0n) is 17.7. The van der Waals surface area contributed by atoms with Crippen LogP contribution < -0.4 is 9.46 Å². The number of nitrogens with zero attached hydrogens (tertiary/aromatic N) is 4. The molecule has 1 aromatic heterocycles. The van der Waals surface area contributed by atoms with Crippen molar-refractivity contribution in [2.24, 2.45) is 0 Å². The van der Waals surface area contributed by atoms with E-state index in [1.807, 2.05) is 12.1 Å². The van der Waals surface area contributed by atoms with Crippen LogP contribution in [-0.2, 0) is 22.6 Å². The van der Waals surface area contributed by atoms with Gasteiger partial charge in [0.25, 0.3) is 16.6 Å². The standard InChI is InChI=1S/C22H26N4O5.ClH/c27-21-3-1-2-18-22(21)26(29)20-13-17(15-24-6-10-31-11-7-24)16(12-19(20)25(18)28)14-23-4-8-30-9-5-23;/h1-3,12-13,27H,4-11,14-15H2;1H. The molecule has 32 heavy (non-hydrogen) atoms. The number of phenols is 1. The highest BCUT2D eigenvalue weighted by Gasteiger charge is 2.27. The number of hydrogen-bond acceptors (Lipinski definition) is 7. The molecule has 0 spiro atoms. The summed E-state index contributed by atoms with van der Waals surface area (Å²) >= 11 is 0. The van der Waals surface area contributed by atoms with E-state index in [9.17, 15) is 15.5 Å². The monoisotopic (exact) mass is 462 g/mol. The van der Waals surface area contributed by atoms with Gasteiger partial charge in [-0.25, -0.2) is 0 Å². The molecule has 2 aliphatic rings. The Hall–Kier alpha value is -2.43. The Morgan fingerprint density at radius 2 is 1.28 bits per heavy atom. The maximum absolute atomic E-state index is 13.2. The zero-order valence-corrected chi connectivity index (χ0v) is 18.6. The van der Waals surface area contributed by atoms with Crippen molar-refractivity contribution in [1.82, 2.24) is 9.80 Å². The molecule has 0 bridgehead atoms. The zero-order chi connectivity index (χ0) is 21.4. The van der Waals surface area contributed by atoms with Gasteiger partial charge < -0.3 is 25.0 Å². The predicted octanol–water partition coefficient (Wildman–Crippen LogP) is 1.05. The molecule has 172 valence electrons. The summed E-state index contributed by atoms with van der Waals surface area (Å²) in [5, 5.41) is 36.5. The third-order valence-electron chi connectivity index (χ3n) is 6.15. The van der Waals surface area contributed by atoms with Gasteiger partial charge >= 0.3 is 5.52 Å². The number of morpholine rings is 2. The maximum Gasteiger partial charge on any atom is 0.332 e. The van der Waals surface area contributed by atoms with Crippen molar-refractivity contribution in [3.05, 3.63) is 51.9 Å². The van der Waals surface area contributed by atoms with E-state index >= 15 is 0 Å². The molecular weight excluding hydrogens is 436 g/mol. The number of fused-ring (bicyclic) bond motifs is 2. The highest BCUT2D eigenvalue weighted by Crippen LogP contribution is 2.25. The van der Waals surface area contributed by atoms with E-state index in [-0.39, 0.29) is 34.7 Å². The van der Waals surface area contributed by atoms with Gasteiger partial charge in [-0.1, -0.05) is 6.07 Å². The van der Waals surface area contributed by atoms with Crippen molar-refractivity contribution in [2.45, 2.75) is 13.1 Å². The summed E-state index contributed by atoms with van der Waals surface area (Å²) in [7, 11) is 0. The fourth-order valence-corrected chi connectivity index (χ4v) is 4.43. The van der Waals surface area contributed by atoms with Crippen LogP contribution in [0.5, 0.6) is 5.75 Å². The third-order valence-corrected chi connectivity index (χ3v) is 6.15. The third kappa shape index (κ3) is 4.26. The minimum atomic E-state index is -0.203. The van der Waals surface area contributed by atoms with Gasteiger partial charge in [0, 0.05) is 57.5 Å². The molecule has 1 N–H and O–H groups in total. The lowest BCUT2D eigenvalue weighted by Gasteiger charge is -2.30. The molecule has 9 nitrogen and oxygen atoms in total. The van der Waals surface area contributed by atoms with Crippen LogP contribution in [0.15, 0.2) is 30.3 Å². The number of halogens is 1. The minimum Gasteiger partial charge on any atom is -0.617 e. The molecule has 0 saturated carbocycles. The molecule has 0 atom stereocenters. The summed E-state index contributed by atoms with van der Waals surface area (Å²) in [4.78, 5) is 4.60. The second-order valence-electron chi connectivity index (χ2n) is 8.12. The second-order valence-corrected chi connectivity index (χ2v) is 8.12. The summed E-state index contributed by atoms with van der Waals surface area (Å²) < 4.78 is 12.4. The van der Waals surface area contributed by atoms with E-state index < -0.39 is 0 Å². The van der Waals surface area contributed by atoms with Gasteiger partial charge in [-0.05, 0) is 17.2 Å². The Morgan fingerprint density at radius 1 is 0.781 bits per heavy atom. The molecule has 0 radical (unpaired) electrons. The number of aromatic nitrogens is 2. The smallest absolute Gasteiger partial charge is 0.332 e. The van der Waals surface area contributed by atoms with E-state index in [1.54, 1.807) is 12.1 Å². The molecule has 3 aromatic rings. The number of ether oxygens (including phenoxy) is 2. The van der Waals surface area contributed by atoms with E-state index in [2.05, 4.69) is 9.80 Å². The second kappa shape index (κ2) is 9.60. The predicted molar refractivity (Wildman–Crippen MR) is 120 cm³/mol. The van der Waals surface area contributed by atoms with Crippen molar-refractivity contribution >= 4 is 34.5 Å². The lowest BCUT2D eigenvalue weighted by molar-refractivity contribution is -0.591. The largest absolute Gasteiger partial charge is 0.617 e. The van der Waals surface area contributed by atoms with Crippen LogP contribution in [-0.4, -0.2) is 67.5 Å². The van der Waals surface area contributed by atoms with Crippen LogP contribution >= 0.6 is 12.4 Å². The molecule has 5 rings (SSSR count). The summed E-state index contributed by atoms with van der Waals surface area (Å²) in [6.45, 7) is 7.45. The molecule has 0 aliphatic carbocycles.